The van der Waals surface area contributed by atoms with Crippen molar-refractivity contribution in [1.82, 2.24) is 19.6 Å². The largest absolute Gasteiger partial charge is 0.347 e. The predicted molar refractivity (Wildman–Crippen MR) is 128 cm³/mol. The standard InChI is InChI=1S/C24H31N5O3S/c1-17-11-15-29(16-12-17)24(30)21(10-9-20(25)23-26-13-14-27-23)28-33(31,32)22-8-4-6-18-5-2-3-7-19(18)22/h2-8,13-14,17,20-21,28H,9-12,15-16,25H2,1H3,(H,26,27). The topological polar surface area (TPSA) is 121 Å². The molecule has 2 heterocycles. The zero-order valence-corrected chi connectivity index (χ0v) is 19.6. The lowest BCUT2D eigenvalue weighted by Gasteiger charge is -2.33. The van der Waals surface area contributed by atoms with E-state index in [1.165, 1.54) is 0 Å². The number of benzene rings is 2. The molecule has 8 nitrogen and oxygen atoms in total. The van der Waals surface area contributed by atoms with Crippen molar-refractivity contribution in [3.05, 3.63) is 60.7 Å². The summed E-state index contributed by atoms with van der Waals surface area (Å²) in [7, 11) is -3.94. The molecule has 1 saturated heterocycles. The quantitative estimate of drug-likeness (QED) is 0.468. The highest BCUT2D eigenvalue weighted by Crippen LogP contribution is 2.25. The highest BCUT2D eigenvalue weighted by Gasteiger charge is 2.32. The van der Waals surface area contributed by atoms with E-state index in [9.17, 15) is 13.2 Å². The maximum atomic E-state index is 13.4. The highest BCUT2D eigenvalue weighted by atomic mass is 32.2. The molecule has 0 aliphatic carbocycles. The fourth-order valence-electron chi connectivity index (χ4n) is 4.33. The van der Waals surface area contributed by atoms with Crippen molar-refractivity contribution in [3.8, 4) is 0 Å². The molecule has 176 valence electrons. The summed E-state index contributed by atoms with van der Waals surface area (Å²) in [6.45, 7) is 3.44. The van der Waals surface area contributed by atoms with Gasteiger partial charge in [0.05, 0.1) is 10.9 Å². The average molecular weight is 470 g/mol. The third-order valence-corrected chi connectivity index (χ3v) is 7.90. The predicted octanol–water partition coefficient (Wildman–Crippen LogP) is 2.95. The molecule has 0 bridgehead atoms. The SMILES string of the molecule is CC1CCN(C(=O)C(CCC(N)c2ncc[nH]2)NS(=O)(=O)c2cccc3ccccc23)CC1. The first-order valence-electron chi connectivity index (χ1n) is 11.4. The zero-order chi connectivity index (χ0) is 23.4. The maximum absolute atomic E-state index is 13.4. The molecule has 4 rings (SSSR count). The molecule has 1 amide bonds. The molecule has 1 aromatic heterocycles. The Morgan fingerprint density at radius 2 is 1.91 bits per heavy atom. The summed E-state index contributed by atoms with van der Waals surface area (Å²) >= 11 is 0. The van der Waals surface area contributed by atoms with E-state index in [0.717, 1.165) is 18.2 Å². The van der Waals surface area contributed by atoms with Gasteiger partial charge in [0, 0.05) is 30.9 Å². The second-order valence-corrected chi connectivity index (χ2v) is 10.5. The number of imidazole rings is 1. The van der Waals surface area contributed by atoms with Crippen LogP contribution in [0.25, 0.3) is 10.8 Å². The van der Waals surface area contributed by atoms with E-state index in [1.807, 2.05) is 18.2 Å². The van der Waals surface area contributed by atoms with Crippen LogP contribution in [-0.2, 0) is 14.8 Å². The summed E-state index contributed by atoms with van der Waals surface area (Å²) in [6, 6.07) is 11.2. The first-order chi connectivity index (χ1) is 15.8. The molecule has 1 aliphatic heterocycles. The van der Waals surface area contributed by atoms with Gasteiger partial charge in [-0.15, -0.1) is 0 Å². The molecule has 9 heteroatoms. The molecule has 0 saturated carbocycles. The van der Waals surface area contributed by atoms with Gasteiger partial charge in [0.25, 0.3) is 0 Å². The van der Waals surface area contributed by atoms with Gasteiger partial charge in [-0.2, -0.15) is 4.72 Å². The summed E-state index contributed by atoms with van der Waals surface area (Å²) in [6.07, 6.45) is 5.83. The number of sulfonamides is 1. The summed E-state index contributed by atoms with van der Waals surface area (Å²) in [5, 5.41) is 1.45. The van der Waals surface area contributed by atoms with Crippen LogP contribution in [-0.4, -0.2) is 48.3 Å². The number of amides is 1. The molecule has 1 aliphatic rings. The van der Waals surface area contributed by atoms with Gasteiger partial charge >= 0.3 is 0 Å². The fraction of sp³-hybridized carbons (Fsp3) is 0.417. The van der Waals surface area contributed by atoms with E-state index in [0.29, 0.717) is 36.6 Å². The molecule has 0 spiro atoms. The third kappa shape index (κ3) is 5.43. The molecule has 1 fully saturated rings. The van der Waals surface area contributed by atoms with E-state index >= 15 is 0 Å². The van der Waals surface area contributed by atoms with E-state index in [2.05, 4.69) is 21.6 Å². The number of fused-ring (bicyclic) bond motifs is 1. The van der Waals surface area contributed by atoms with Crippen LogP contribution in [0.15, 0.2) is 59.8 Å². The van der Waals surface area contributed by atoms with Gasteiger partial charge in [-0.3, -0.25) is 4.79 Å². The first-order valence-corrected chi connectivity index (χ1v) is 12.9. The number of carbonyl (C=O) groups excluding carboxylic acids is 1. The number of piperidine rings is 1. The third-order valence-electron chi connectivity index (χ3n) is 6.37. The number of nitrogens with one attached hydrogen (secondary N) is 2. The number of nitrogens with two attached hydrogens (primary N) is 1. The van der Waals surface area contributed by atoms with E-state index in [-0.39, 0.29) is 17.2 Å². The Hall–Kier alpha value is -2.75. The van der Waals surface area contributed by atoms with Crippen LogP contribution in [0.4, 0.5) is 0 Å². The number of rotatable bonds is 8. The van der Waals surface area contributed by atoms with Crippen LogP contribution in [0.5, 0.6) is 0 Å². The van der Waals surface area contributed by atoms with Gasteiger partial charge in [0.2, 0.25) is 15.9 Å². The van der Waals surface area contributed by atoms with E-state index in [1.54, 1.807) is 41.6 Å². The second-order valence-electron chi connectivity index (χ2n) is 8.82. The lowest BCUT2D eigenvalue weighted by molar-refractivity contribution is -0.134. The molecule has 2 atom stereocenters. The Morgan fingerprint density at radius 3 is 2.64 bits per heavy atom. The van der Waals surface area contributed by atoms with Gasteiger partial charge in [-0.25, -0.2) is 13.4 Å². The van der Waals surface area contributed by atoms with Crippen LogP contribution in [0, 0.1) is 5.92 Å². The number of H-pyrrole nitrogens is 1. The molecule has 2 aromatic carbocycles. The van der Waals surface area contributed by atoms with Crippen LogP contribution in [0.1, 0.15) is 44.5 Å². The second kappa shape index (κ2) is 10.0. The van der Waals surface area contributed by atoms with Gasteiger partial charge < -0.3 is 15.6 Å². The van der Waals surface area contributed by atoms with Crippen molar-refractivity contribution >= 4 is 26.7 Å². The smallest absolute Gasteiger partial charge is 0.241 e. The van der Waals surface area contributed by atoms with Crippen molar-refractivity contribution < 1.29 is 13.2 Å². The van der Waals surface area contributed by atoms with Crippen molar-refractivity contribution in [1.29, 1.82) is 0 Å². The van der Waals surface area contributed by atoms with Gasteiger partial charge in [-0.05, 0) is 43.1 Å². The van der Waals surface area contributed by atoms with Gasteiger partial charge in [0.1, 0.15) is 11.9 Å². The molecule has 4 N–H and O–H groups in total. The normalized spacial score (nSPS) is 17.2. The number of aromatic nitrogens is 2. The summed E-state index contributed by atoms with van der Waals surface area (Å²) in [5.74, 6) is 0.981. The summed E-state index contributed by atoms with van der Waals surface area (Å²) in [5.41, 5.74) is 6.24. The van der Waals surface area contributed by atoms with Crippen molar-refractivity contribution in [2.75, 3.05) is 13.1 Å². The molecule has 2 unspecified atom stereocenters. The Kier molecular flexibility index (Phi) is 7.11. The molecular weight excluding hydrogens is 438 g/mol. The number of hydrogen-bond acceptors (Lipinski definition) is 5. The Morgan fingerprint density at radius 1 is 1.18 bits per heavy atom. The lowest BCUT2D eigenvalue weighted by Crippen LogP contribution is -2.50. The Bertz CT molecular complexity index is 1180. The highest BCUT2D eigenvalue weighted by molar-refractivity contribution is 7.89. The maximum Gasteiger partial charge on any atom is 0.241 e. The molecule has 0 radical (unpaired) electrons. The number of carbonyl (C=O) groups is 1. The number of aromatic amines is 1. The number of hydrogen-bond donors (Lipinski definition) is 3. The first kappa shape index (κ1) is 23.4. The Labute approximate surface area is 194 Å². The molecule has 3 aromatic rings. The minimum Gasteiger partial charge on any atom is -0.347 e. The van der Waals surface area contributed by atoms with Crippen LogP contribution in [0.3, 0.4) is 0 Å². The van der Waals surface area contributed by atoms with Gasteiger partial charge in [-0.1, -0.05) is 43.3 Å². The van der Waals surface area contributed by atoms with Crippen LogP contribution >= 0.6 is 0 Å². The summed E-state index contributed by atoms with van der Waals surface area (Å²) < 4.78 is 29.6. The van der Waals surface area contributed by atoms with Crippen molar-refractivity contribution in [2.24, 2.45) is 11.7 Å². The number of likely N-dealkylation sites (tertiary alicyclic amines) is 1. The van der Waals surface area contributed by atoms with Crippen LogP contribution < -0.4 is 10.5 Å². The van der Waals surface area contributed by atoms with Gasteiger partial charge in [0.15, 0.2) is 0 Å². The Balaban J connectivity index is 1.58. The molecular formula is C24H31N5O3S. The fourth-order valence-corrected chi connectivity index (χ4v) is 5.78. The zero-order valence-electron chi connectivity index (χ0n) is 18.8. The van der Waals surface area contributed by atoms with Crippen molar-refractivity contribution in [2.45, 2.75) is 49.6 Å². The molecule has 33 heavy (non-hydrogen) atoms. The monoisotopic (exact) mass is 469 g/mol. The minimum atomic E-state index is -3.94. The summed E-state index contributed by atoms with van der Waals surface area (Å²) in [4.78, 5) is 22.5. The van der Waals surface area contributed by atoms with E-state index < -0.39 is 22.1 Å². The average Bonchev–Trinajstić information content (AvgIpc) is 3.36. The van der Waals surface area contributed by atoms with E-state index in [4.69, 9.17) is 5.73 Å². The van der Waals surface area contributed by atoms with Crippen LogP contribution in [0.2, 0.25) is 0 Å². The minimum absolute atomic E-state index is 0.168. The lowest BCUT2D eigenvalue weighted by atomic mass is 9.98. The number of nitrogens with zero attached hydrogens (tertiary/aromatic N) is 2. The van der Waals surface area contributed by atoms with Crippen molar-refractivity contribution in [3.63, 3.8) is 0 Å².